The normalized spacial score (nSPS) is 12.2. The molecular weight excluding hydrogens is 255 g/mol. The van der Waals surface area contributed by atoms with Crippen molar-refractivity contribution in [3.63, 3.8) is 0 Å². The molecule has 1 rings (SSSR count). The van der Waals surface area contributed by atoms with Gasteiger partial charge in [-0.15, -0.1) is 0 Å². The van der Waals surface area contributed by atoms with Crippen LogP contribution in [0.4, 0.5) is 0 Å². The SMILES string of the molecule is O=Cc1c(Cl)cc(OCC(O)CO)cc1Cl. The summed E-state index contributed by atoms with van der Waals surface area (Å²) in [7, 11) is 0. The number of aliphatic hydroxyl groups excluding tert-OH is 2. The van der Waals surface area contributed by atoms with Crippen molar-refractivity contribution in [1.29, 1.82) is 0 Å². The minimum Gasteiger partial charge on any atom is -0.491 e. The third-order valence-corrected chi connectivity index (χ3v) is 2.45. The van der Waals surface area contributed by atoms with Crippen LogP contribution in [-0.4, -0.2) is 35.8 Å². The van der Waals surface area contributed by atoms with Gasteiger partial charge >= 0.3 is 0 Å². The number of aldehydes is 1. The van der Waals surface area contributed by atoms with Gasteiger partial charge in [-0.25, -0.2) is 0 Å². The molecular formula is C10H10Cl2O4. The molecule has 0 radical (unpaired) electrons. The van der Waals surface area contributed by atoms with E-state index in [0.29, 0.717) is 12.0 Å². The molecule has 88 valence electrons. The average Bonchev–Trinajstić information content (AvgIpc) is 2.25. The summed E-state index contributed by atoms with van der Waals surface area (Å²) in [5.74, 6) is 0.327. The fourth-order valence-electron chi connectivity index (χ4n) is 1.00. The Morgan fingerprint density at radius 1 is 1.38 bits per heavy atom. The van der Waals surface area contributed by atoms with E-state index >= 15 is 0 Å². The molecule has 0 heterocycles. The number of hydrogen-bond donors (Lipinski definition) is 2. The van der Waals surface area contributed by atoms with Crippen molar-refractivity contribution in [3.05, 3.63) is 27.7 Å². The molecule has 0 spiro atoms. The Kier molecular flexibility index (Phi) is 5.02. The first-order valence-electron chi connectivity index (χ1n) is 4.44. The van der Waals surface area contributed by atoms with Crippen LogP contribution in [0.2, 0.25) is 10.0 Å². The van der Waals surface area contributed by atoms with Gasteiger partial charge in [-0.05, 0) is 12.1 Å². The van der Waals surface area contributed by atoms with Crippen molar-refractivity contribution in [1.82, 2.24) is 0 Å². The smallest absolute Gasteiger partial charge is 0.153 e. The van der Waals surface area contributed by atoms with E-state index in [-0.39, 0.29) is 22.2 Å². The van der Waals surface area contributed by atoms with Crippen LogP contribution in [0.1, 0.15) is 10.4 Å². The molecule has 2 N–H and O–H groups in total. The van der Waals surface area contributed by atoms with Crippen molar-refractivity contribution < 1.29 is 19.7 Å². The highest BCUT2D eigenvalue weighted by molar-refractivity contribution is 6.38. The second kappa shape index (κ2) is 6.06. The lowest BCUT2D eigenvalue weighted by Crippen LogP contribution is -2.21. The predicted octanol–water partition coefficient (Wildman–Crippen LogP) is 1.54. The molecule has 0 aromatic heterocycles. The average molecular weight is 265 g/mol. The summed E-state index contributed by atoms with van der Waals surface area (Å²) in [5.41, 5.74) is 0.193. The fraction of sp³-hybridized carbons (Fsp3) is 0.300. The molecule has 6 heteroatoms. The van der Waals surface area contributed by atoms with Crippen molar-refractivity contribution in [3.8, 4) is 5.75 Å². The van der Waals surface area contributed by atoms with Gasteiger partial charge in [0, 0.05) is 0 Å². The van der Waals surface area contributed by atoms with Crippen LogP contribution < -0.4 is 4.74 Å². The monoisotopic (exact) mass is 264 g/mol. The lowest BCUT2D eigenvalue weighted by Gasteiger charge is -2.11. The maximum absolute atomic E-state index is 10.6. The number of benzene rings is 1. The van der Waals surface area contributed by atoms with Crippen molar-refractivity contribution >= 4 is 29.5 Å². The van der Waals surface area contributed by atoms with Crippen LogP contribution in [0.25, 0.3) is 0 Å². The molecule has 0 aliphatic carbocycles. The molecule has 1 aromatic rings. The van der Waals surface area contributed by atoms with E-state index < -0.39 is 12.7 Å². The molecule has 0 aliphatic rings. The van der Waals surface area contributed by atoms with Gasteiger partial charge in [-0.1, -0.05) is 23.2 Å². The van der Waals surface area contributed by atoms with Crippen molar-refractivity contribution in [2.75, 3.05) is 13.2 Å². The van der Waals surface area contributed by atoms with Crippen LogP contribution in [0, 0.1) is 0 Å². The van der Waals surface area contributed by atoms with Crippen LogP contribution >= 0.6 is 23.2 Å². The predicted molar refractivity (Wildman–Crippen MR) is 60.4 cm³/mol. The Balaban J connectivity index is 2.79. The maximum Gasteiger partial charge on any atom is 0.153 e. The highest BCUT2D eigenvalue weighted by Gasteiger charge is 2.09. The molecule has 1 aromatic carbocycles. The Bertz CT molecular complexity index is 358. The molecule has 1 unspecified atom stereocenters. The summed E-state index contributed by atoms with van der Waals surface area (Å²) in [6.45, 7) is -0.475. The van der Waals surface area contributed by atoms with Gasteiger partial charge in [0.05, 0.1) is 22.2 Å². The molecule has 0 saturated heterocycles. The first-order valence-corrected chi connectivity index (χ1v) is 5.20. The van der Waals surface area contributed by atoms with E-state index in [0.717, 1.165) is 0 Å². The minimum atomic E-state index is -0.969. The minimum absolute atomic E-state index is 0.0798. The summed E-state index contributed by atoms with van der Waals surface area (Å²) >= 11 is 11.6. The summed E-state index contributed by atoms with van der Waals surface area (Å²) < 4.78 is 5.13. The molecule has 0 aliphatic heterocycles. The number of ether oxygens (including phenoxy) is 1. The Morgan fingerprint density at radius 3 is 2.38 bits per heavy atom. The van der Waals surface area contributed by atoms with Crippen molar-refractivity contribution in [2.45, 2.75) is 6.10 Å². The summed E-state index contributed by atoms with van der Waals surface area (Å²) in [5, 5.41) is 18.0. The van der Waals surface area contributed by atoms with E-state index in [4.69, 9.17) is 38.2 Å². The van der Waals surface area contributed by atoms with Crippen LogP contribution in [0.15, 0.2) is 12.1 Å². The topological polar surface area (TPSA) is 66.8 Å². The second-order valence-electron chi connectivity index (χ2n) is 3.07. The van der Waals surface area contributed by atoms with Gasteiger partial charge in [-0.2, -0.15) is 0 Å². The lowest BCUT2D eigenvalue weighted by atomic mass is 10.2. The van der Waals surface area contributed by atoms with Gasteiger partial charge in [0.25, 0.3) is 0 Å². The van der Waals surface area contributed by atoms with E-state index in [1.165, 1.54) is 12.1 Å². The quantitative estimate of drug-likeness (QED) is 0.792. The van der Waals surface area contributed by atoms with Gasteiger partial charge < -0.3 is 14.9 Å². The highest BCUT2D eigenvalue weighted by Crippen LogP contribution is 2.28. The number of halogens is 2. The Morgan fingerprint density at radius 2 is 1.94 bits per heavy atom. The van der Waals surface area contributed by atoms with E-state index in [9.17, 15) is 4.79 Å². The standard InChI is InChI=1S/C10H10Cl2O4/c11-9-1-7(16-5-6(15)3-13)2-10(12)8(9)4-14/h1-2,4,6,13,15H,3,5H2. The van der Waals surface area contributed by atoms with E-state index in [1.54, 1.807) is 0 Å². The molecule has 1 atom stereocenters. The first-order chi connectivity index (χ1) is 7.58. The molecule has 0 saturated carbocycles. The molecule has 0 bridgehead atoms. The van der Waals surface area contributed by atoms with Gasteiger partial charge in [-0.3, -0.25) is 4.79 Å². The third-order valence-electron chi connectivity index (χ3n) is 1.82. The third kappa shape index (κ3) is 3.35. The zero-order valence-electron chi connectivity index (χ0n) is 8.19. The zero-order valence-corrected chi connectivity index (χ0v) is 9.70. The lowest BCUT2D eigenvalue weighted by molar-refractivity contribution is 0.0536. The molecule has 0 amide bonds. The molecule has 0 fully saturated rings. The van der Waals surface area contributed by atoms with Crippen LogP contribution in [-0.2, 0) is 0 Å². The van der Waals surface area contributed by atoms with Gasteiger partial charge in [0.2, 0.25) is 0 Å². The zero-order chi connectivity index (χ0) is 12.1. The number of carbonyl (C=O) groups is 1. The number of aliphatic hydroxyl groups is 2. The largest absolute Gasteiger partial charge is 0.491 e. The first kappa shape index (κ1) is 13.3. The molecule has 4 nitrogen and oxygen atoms in total. The maximum atomic E-state index is 10.6. The fourth-order valence-corrected chi connectivity index (χ4v) is 1.56. The van der Waals surface area contributed by atoms with Gasteiger partial charge in [0.15, 0.2) is 6.29 Å². The van der Waals surface area contributed by atoms with Crippen LogP contribution in [0.5, 0.6) is 5.75 Å². The summed E-state index contributed by atoms with van der Waals surface area (Å²) in [4.78, 5) is 10.6. The number of rotatable bonds is 5. The second-order valence-corrected chi connectivity index (χ2v) is 3.88. The number of carbonyl (C=O) groups excluding carboxylic acids is 1. The van der Waals surface area contributed by atoms with E-state index in [2.05, 4.69) is 0 Å². The van der Waals surface area contributed by atoms with E-state index in [1.807, 2.05) is 0 Å². The Hall–Kier alpha value is -0.810. The number of hydrogen-bond acceptors (Lipinski definition) is 4. The highest BCUT2D eigenvalue weighted by atomic mass is 35.5. The summed E-state index contributed by atoms with van der Waals surface area (Å²) in [6, 6.07) is 2.84. The summed E-state index contributed by atoms with van der Waals surface area (Å²) in [6.07, 6.45) is -0.417. The van der Waals surface area contributed by atoms with Gasteiger partial charge in [0.1, 0.15) is 18.5 Å². The molecule has 16 heavy (non-hydrogen) atoms. The van der Waals surface area contributed by atoms with Crippen molar-refractivity contribution in [2.24, 2.45) is 0 Å². The Labute approximate surface area is 102 Å². The van der Waals surface area contributed by atoms with Crippen LogP contribution in [0.3, 0.4) is 0 Å².